The maximum Gasteiger partial charge on any atom is 0.365 e. The van der Waals surface area contributed by atoms with Crippen molar-refractivity contribution in [2.24, 2.45) is 0 Å². The summed E-state index contributed by atoms with van der Waals surface area (Å²) in [4.78, 5) is 22.0. The number of aromatic nitrogens is 4. The van der Waals surface area contributed by atoms with E-state index in [1.54, 1.807) is 30.3 Å². The van der Waals surface area contributed by atoms with Gasteiger partial charge in [-0.25, -0.2) is 4.79 Å². The quantitative estimate of drug-likeness (QED) is 0.349. The van der Waals surface area contributed by atoms with Crippen LogP contribution in [-0.2, 0) is 10.1 Å². The number of nitro benzene ring substituents is 1. The number of tetrazole rings is 1. The van der Waals surface area contributed by atoms with Crippen molar-refractivity contribution in [3.8, 4) is 17.1 Å². The molecule has 29 heavy (non-hydrogen) atoms. The molecule has 0 atom stereocenters. The van der Waals surface area contributed by atoms with Gasteiger partial charge >= 0.3 is 16.1 Å². The summed E-state index contributed by atoms with van der Waals surface area (Å²) in [5.41, 5.74) is -0.565. The molecular formula is C15H12N6O7S. The zero-order valence-electron chi connectivity index (χ0n) is 14.6. The highest BCUT2D eigenvalue weighted by molar-refractivity contribution is 7.86. The molecule has 2 aromatic carbocycles. The van der Waals surface area contributed by atoms with Gasteiger partial charge in [-0.3, -0.25) is 14.7 Å². The van der Waals surface area contributed by atoms with Gasteiger partial charge < -0.3 is 10.1 Å². The molecule has 1 heterocycles. The molecule has 0 unspecified atom stereocenters. The number of nitrogens with zero attached hydrogens (tertiary/aromatic N) is 5. The van der Waals surface area contributed by atoms with Gasteiger partial charge in [0.05, 0.1) is 23.7 Å². The first-order valence-electron chi connectivity index (χ1n) is 7.71. The maximum absolute atomic E-state index is 12.2. The predicted octanol–water partition coefficient (Wildman–Crippen LogP) is 1.58. The van der Waals surface area contributed by atoms with Crippen molar-refractivity contribution in [2.45, 2.75) is 4.90 Å². The van der Waals surface area contributed by atoms with E-state index in [0.29, 0.717) is 10.5 Å². The SMILES string of the molecule is COc1cc([N+](=O)[O-])c(S(=O)(=O)O)cc1-c1nnn(C(=O)Nc2ccccc2)n1. The molecule has 0 aliphatic carbocycles. The van der Waals surface area contributed by atoms with Gasteiger partial charge in [0.15, 0.2) is 4.90 Å². The molecule has 0 aliphatic rings. The number of carbonyl (C=O) groups excluding carboxylic acids is 1. The van der Waals surface area contributed by atoms with E-state index in [4.69, 9.17) is 4.74 Å². The summed E-state index contributed by atoms with van der Waals surface area (Å²) < 4.78 is 37.4. The molecule has 0 saturated carbocycles. The lowest BCUT2D eigenvalue weighted by Gasteiger charge is -2.07. The summed E-state index contributed by atoms with van der Waals surface area (Å²) in [6.07, 6.45) is 0. The molecule has 3 rings (SSSR count). The molecule has 14 heteroatoms. The van der Waals surface area contributed by atoms with Gasteiger partial charge in [0.1, 0.15) is 5.75 Å². The van der Waals surface area contributed by atoms with E-state index < -0.39 is 31.7 Å². The number of hydrogen-bond donors (Lipinski definition) is 2. The summed E-state index contributed by atoms with van der Waals surface area (Å²) in [6, 6.07) is 9.23. The molecule has 1 aromatic heterocycles. The molecule has 0 fully saturated rings. The third-order valence-electron chi connectivity index (χ3n) is 3.62. The van der Waals surface area contributed by atoms with Gasteiger partial charge in [0.25, 0.3) is 5.69 Å². The van der Waals surface area contributed by atoms with E-state index in [0.717, 1.165) is 12.1 Å². The molecule has 1 amide bonds. The molecule has 2 N–H and O–H groups in total. The molecule has 0 spiro atoms. The number of rotatable bonds is 5. The van der Waals surface area contributed by atoms with Crippen molar-refractivity contribution in [2.75, 3.05) is 12.4 Å². The number of nitrogens with one attached hydrogen (secondary N) is 1. The molecular weight excluding hydrogens is 408 g/mol. The van der Waals surface area contributed by atoms with Gasteiger partial charge in [0, 0.05) is 5.69 Å². The van der Waals surface area contributed by atoms with Crippen LogP contribution in [0.15, 0.2) is 47.4 Å². The Morgan fingerprint density at radius 2 is 1.97 bits per heavy atom. The van der Waals surface area contributed by atoms with E-state index in [1.165, 1.54) is 7.11 Å². The predicted molar refractivity (Wildman–Crippen MR) is 97.1 cm³/mol. The molecule has 0 bridgehead atoms. The van der Waals surface area contributed by atoms with Gasteiger partial charge in [-0.2, -0.15) is 8.42 Å². The highest BCUT2D eigenvalue weighted by Gasteiger charge is 2.29. The van der Waals surface area contributed by atoms with Crippen LogP contribution in [0.3, 0.4) is 0 Å². The molecule has 150 valence electrons. The van der Waals surface area contributed by atoms with Gasteiger partial charge in [0.2, 0.25) is 5.82 Å². The average Bonchev–Trinajstić information content (AvgIpc) is 3.17. The number of carbonyl (C=O) groups is 1. The van der Waals surface area contributed by atoms with E-state index >= 15 is 0 Å². The second-order valence-electron chi connectivity index (χ2n) is 5.45. The van der Waals surface area contributed by atoms with Gasteiger partial charge in [-0.1, -0.05) is 23.0 Å². The fourth-order valence-electron chi connectivity index (χ4n) is 2.35. The molecule has 3 aromatic rings. The van der Waals surface area contributed by atoms with Crippen molar-refractivity contribution < 1.29 is 27.4 Å². The number of anilines is 1. The van der Waals surface area contributed by atoms with Crippen molar-refractivity contribution in [1.29, 1.82) is 0 Å². The lowest BCUT2D eigenvalue weighted by Crippen LogP contribution is -2.22. The fourth-order valence-corrected chi connectivity index (χ4v) is 3.01. The van der Waals surface area contributed by atoms with Gasteiger partial charge in [-0.05, 0) is 23.4 Å². The van der Waals surface area contributed by atoms with Crippen LogP contribution in [-0.4, -0.2) is 51.2 Å². The number of ether oxygens (including phenoxy) is 1. The van der Waals surface area contributed by atoms with Crippen LogP contribution in [0.25, 0.3) is 11.4 Å². The van der Waals surface area contributed by atoms with Crippen molar-refractivity contribution in [3.05, 3.63) is 52.6 Å². The summed E-state index contributed by atoms with van der Waals surface area (Å²) in [5, 5.41) is 24.7. The fraction of sp³-hybridized carbons (Fsp3) is 0.0667. The number of benzene rings is 2. The normalized spacial score (nSPS) is 11.1. The largest absolute Gasteiger partial charge is 0.496 e. The lowest BCUT2D eigenvalue weighted by atomic mass is 10.1. The average molecular weight is 420 g/mol. The minimum atomic E-state index is -4.94. The molecule has 13 nitrogen and oxygen atoms in total. The van der Waals surface area contributed by atoms with Crippen molar-refractivity contribution >= 4 is 27.5 Å². The van der Waals surface area contributed by atoms with E-state index in [2.05, 4.69) is 20.7 Å². The second-order valence-corrected chi connectivity index (χ2v) is 6.84. The highest BCUT2D eigenvalue weighted by Crippen LogP contribution is 2.36. The first-order valence-corrected chi connectivity index (χ1v) is 9.15. The zero-order chi connectivity index (χ0) is 21.2. The van der Waals surface area contributed by atoms with Crippen molar-refractivity contribution in [3.63, 3.8) is 0 Å². The van der Waals surface area contributed by atoms with Crippen LogP contribution in [0.5, 0.6) is 5.75 Å². The Kier molecular flexibility index (Phi) is 5.20. The summed E-state index contributed by atoms with van der Waals surface area (Å²) in [7, 11) is -3.76. The third kappa shape index (κ3) is 4.17. The van der Waals surface area contributed by atoms with Crippen LogP contribution in [0.2, 0.25) is 0 Å². The Balaban J connectivity index is 2.03. The van der Waals surface area contributed by atoms with Crippen LogP contribution >= 0.6 is 0 Å². The monoisotopic (exact) mass is 420 g/mol. The first kappa shape index (κ1) is 19.8. The number of amides is 1. The minimum Gasteiger partial charge on any atom is -0.496 e. The van der Waals surface area contributed by atoms with Crippen LogP contribution < -0.4 is 10.1 Å². The maximum atomic E-state index is 12.2. The molecule has 0 saturated heterocycles. The number of hydrogen-bond acceptors (Lipinski definition) is 9. The van der Waals surface area contributed by atoms with E-state index in [-0.39, 0.29) is 17.1 Å². The van der Waals surface area contributed by atoms with E-state index in [9.17, 15) is 27.9 Å². The summed E-state index contributed by atoms with van der Waals surface area (Å²) in [5.74, 6) is -0.419. The Bertz CT molecular complexity index is 1190. The number of nitro groups is 1. The van der Waals surface area contributed by atoms with Crippen LogP contribution in [0.1, 0.15) is 0 Å². The van der Waals surface area contributed by atoms with Crippen LogP contribution in [0.4, 0.5) is 16.2 Å². The molecule has 0 radical (unpaired) electrons. The highest BCUT2D eigenvalue weighted by atomic mass is 32.2. The smallest absolute Gasteiger partial charge is 0.365 e. The van der Waals surface area contributed by atoms with Crippen molar-refractivity contribution in [1.82, 2.24) is 20.2 Å². The minimum absolute atomic E-state index is 0.135. The zero-order valence-corrected chi connectivity index (χ0v) is 15.4. The Labute approximate surface area is 162 Å². The summed E-state index contributed by atoms with van der Waals surface area (Å²) in [6.45, 7) is 0. The Morgan fingerprint density at radius 1 is 1.28 bits per heavy atom. The third-order valence-corrected chi connectivity index (χ3v) is 4.50. The Hall–Kier alpha value is -3.91. The summed E-state index contributed by atoms with van der Waals surface area (Å²) >= 11 is 0. The first-order chi connectivity index (χ1) is 13.7. The number of para-hydroxylation sites is 1. The van der Waals surface area contributed by atoms with E-state index in [1.807, 2.05) is 0 Å². The Morgan fingerprint density at radius 3 is 2.55 bits per heavy atom. The van der Waals surface area contributed by atoms with Crippen LogP contribution in [0, 0.1) is 10.1 Å². The van der Waals surface area contributed by atoms with Gasteiger partial charge in [-0.15, -0.1) is 10.2 Å². The molecule has 0 aliphatic heterocycles. The standard InChI is InChI=1S/C15H12N6O7S/c1-28-12-8-11(21(23)24)13(29(25,26)27)7-10(12)14-17-19-20(18-14)15(22)16-9-5-3-2-4-6-9/h2-8H,1H3,(H,16,22)(H,25,26,27). The second kappa shape index (κ2) is 7.61. The lowest BCUT2D eigenvalue weighted by molar-refractivity contribution is -0.387. The number of methoxy groups -OCH3 is 1. The topological polar surface area (TPSA) is 179 Å².